The Balaban J connectivity index is 1.24. The highest BCUT2D eigenvalue weighted by Gasteiger charge is 2.33. The van der Waals surface area contributed by atoms with Crippen LogP contribution in [0.1, 0.15) is 44.5 Å². The van der Waals surface area contributed by atoms with Crippen molar-refractivity contribution in [2.75, 3.05) is 0 Å². The van der Waals surface area contributed by atoms with Gasteiger partial charge < -0.3 is 4.42 Å². The second-order valence-corrected chi connectivity index (χ2v) is 16.8. The highest BCUT2D eigenvalue weighted by Crippen LogP contribution is 2.53. The smallest absolute Gasteiger partial charge is 0.136 e. The van der Waals surface area contributed by atoms with E-state index in [-0.39, 0.29) is 0 Å². The van der Waals surface area contributed by atoms with Crippen LogP contribution in [0.15, 0.2) is 156 Å². The third kappa shape index (κ3) is 5.28. The van der Waals surface area contributed by atoms with E-state index in [0.717, 1.165) is 85.1 Å². The zero-order valence-corrected chi connectivity index (χ0v) is 34.6. The van der Waals surface area contributed by atoms with E-state index in [2.05, 4.69) is 173 Å². The van der Waals surface area contributed by atoms with Crippen molar-refractivity contribution in [1.82, 2.24) is 15.4 Å². The number of aromatic nitrogens is 3. The van der Waals surface area contributed by atoms with Crippen LogP contribution < -0.4 is 0 Å². The van der Waals surface area contributed by atoms with Crippen LogP contribution in [0, 0.1) is 27.7 Å². The van der Waals surface area contributed by atoms with Gasteiger partial charge in [0, 0.05) is 27.5 Å². The molecule has 0 fully saturated rings. The third-order valence-corrected chi connectivity index (χ3v) is 13.6. The SMILES string of the molecule is Cc1cc2c(c(-c3nnnc(-c4cccc(-c5ccccc5)c4-c4cccc5oc6ccccc6c45)c3-c3c(C)c(C)cc4c3Cc3ccccc3-4)c1C)Cc1ccccc1-2. The van der Waals surface area contributed by atoms with Crippen LogP contribution >= 0.6 is 0 Å². The number of para-hydroxylation sites is 1. The van der Waals surface area contributed by atoms with Crippen molar-refractivity contribution in [1.29, 1.82) is 0 Å². The summed E-state index contributed by atoms with van der Waals surface area (Å²) >= 11 is 0. The van der Waals surface area contributed by atoms with Crippen LogP contribution in [0.2, 0.25) is 0 Å². The van der Waals surface area contributed by atoms with Crippen molar-refractivity contribution in [3.63, 3.8) is 0 Å². The topological polar surface area (TPSA) is 51.8 Å². The lowest BCUT2D eigenvalue weighted by Crippen LogP contribution is -2.07. The Morgan fingerprint density at radius 1 is 0.410 bits per heavy atom. The van der Waals surface area contributed by atoms with Crippen molar-refractivity contribution in [2.45, 2.75) is 40.5 Å². The Bertz CT molecular complexity index is 3470. The quantitative estimate of drug-likeness (QED) is 0.174. The molecule has 0 spiro atoms. The van der Waals surface area contributed by atoms with Crippen LogP contribution in [0.5, 0.6) is 0 Å². The Morgan fingerprint density at radius 2 is 0.951 bits per heavy atom. The molecule has 0 N–H and O–H groups in total. The molecule has 0 saturated heterocycles. The van der Waals surface area contributed by atoms with Gasteiger partial charge in [0.1, 0.15) is 22.6 Å². The summed E-state index contributed by atoms with van der Waals surface area (Å²) in [6.45, 7) is 9.03. The van der Waals surface area contributed by atoms with E-state index < -0.39 is 0 Å². The predicted molar refractivity (Wildman–Crippen MR) is 250 cm³/mol. The Hall–Kier alpha value is -7.43. The average Bonchev–Trinajstić information content (AvgIpc) is 3.98. The molecule has 2 aromatic heterocycles. The summed E-state index contributed by atoms with van der Waals surface area (Å²) in [5, 5.41) is 17.3. The molecular weight excluding hydrogens is 743 g/mol. The number of rotatable bonds is 5. The number of furan rings is 1. The third-order valence-electron chi connectivity index (χ3n) is 13.6. The van der Waals surface area contributed by atoms with E-state index in [1.54, 1.807) is 0 Å². The molecule has 8 aromatic carbocycles. The van der Waals surface area contributed by atoms with Gasteiger partial charge in [0.05, 0.1) is 0 Å². The highest BCUT2D eigenvalue weighted by atomic mass is 16.3. The summed E-state index contributed by atoms with van der Waals surface area (Å²) in [4.78, 5) is 0. The maximum absolute atomic E-state index is 6.54. The lowest BCUT2D eigenvalue weighted by atomic mass is 9.80. The molecule has 0 atom stereocenters. The molecule has 0 aliphatic heterocycles. The second-order valence-electron chi connectivity index (χ2n) is 16.8. The van der Waals surface area contributed by atoms with Crippen LogP contribution in [0.3, 0.4) is 0 Å². The van der Waals surface area contributed by atoms with Gasteiger partial charge in [0.25, 0.3) is 0 Å². The zero-order valence-electron chi connectivity index (χ0n) is 34.6. The van der Waals surface area contributed by atoms with Crippen molar-refractivity contribution in [3.05, 3.63) is 196 Å². The lowest BCUT2D eigenvalue weighted by molar-refractivity contribution is 0.669. The van der Waals surface area contributed by atoms with E-state index in [0.29, 0.717) is 0 Å². The highest BCUT2D eigenvalue weighted by molar-refractivity contribution is 6.16. The fraction of sp³-hybridized carbons (Fsp3) is 0.105. The van der Waals surface area contributed by atoms with E-state index in [4.69, 9.17) is 19.8 Å². The molecule has 0 amide bonds. The molecule has 4 heteroatoms. The van der Waals surface area contributed by atoms with Crippen molar-refractivity contribution in [3.8, 4) is 78.1 Å². The van der Waals surface area contributed by atoms with Gasteiger partial charge in [-0.25, -0.2) is 0 Å². The monoisotopic (exact) mass is 783 g/mol. The number of aryl methyl sites for hydroxylation is 2. The number of benzene rings is 8. The number of nitrogens with zero attached hydrogens (tertiary/aromatic N) is 3. The summed E-state index contributed by atoms with van der Waals surface area (Å²) in [5.41, 5.74) is 27.6. The van der Waals surface area contributed by atoms with Crippen LogP contribution in [-0.2, 0) is 12.8 Å². The predicted octanol–water partition coefficient (Wildman–Crippen LogP) is 14.5. The fourth-order valence-corrected chi connectivity index (χ4v) is 10.5. The largest absolute Gasteiger partial charge is 0.456 e. The first kappa shape index (κ1) is 35.5. The van der Waals surface area contributed by atoms with E-state index in [9.17, 15) is 0 Å². The van der Waals surface area contributed by atoms with Gasteiger partial charge in [-0.2, -0.15) is 0 Å². The van der Waals surface area contributed by atoms with E-state index >= 15 is 0 Å². The first-order chi connectivity index (χ1) is 29.9. The molecule has 2 heterocycles. The van der Waals surface area contributed by atoms with Gasteiger partial charge in [0.2, 0.25) is 0 Å². The second kappa shape index (κ2) is 13.6. The van der Waals surface area contributed by atoms with Crippen LogP contribution in [0.25, 0.3) is 100 Å². The number of hydrogen-bond acceptors (Lipinski definition) is 4. The Morgan fingerprint density at radius 3 is 1.69 bits per heavy atom. The molecular formula is C57H41N3O. The standard InChI is InChI=1S/C57H41N3O/c1-32-28-45-39-20-10-8-18-37(39)30-47(45)51(34(32)3)55-56(58-60-59-57(55)52-35(4)33(2)29-46-40-21-11-9-19-38(40)31-48(46)52)44-25-14-23-41(36-16-6-5-7-17-36)53(44)43-24-15-27-50-54(43)42-22-12-13-26-49(42)61-50/h5-29H,30-31H2,1-4H3. The van der Waals surface area contributed by atoms with Gasteiger partial charge in [-0.1, -0.05) is 140 Å². The Kier molecular flexibility index (Phi) is 7.89. The first-order valence-corrected chi connectivity index (χ1v) is 21.2. The molecule has 4 nitrogen and oxygen atoms in total. The lowest BCUT2D eigenvalue weighted by Gasteiger charge is -2.24. The number of hydrogen-bond donors (Lipinski definition) is 0. The average molecular weight is 784 g/mol. The van der Waals surface area contributed by atoms with E-state index in [1.165, 1.54) is 72.3 Å². The molecule has 10 aromatic rings. The van der Waals surface area contributed by atoms with Gasteiger partial charge in [0.15, 0.2) is 0 Å². The summed E-state index contributed by atoms with van der Waals surface area (Å²) in [6, 6.07) is 54.6. The first-order valence-electron chi connectivity index (χ1n) is 21.2. The molecule has 2 aliphatic rings. The molecule has 0 saturated carbocycles. The molecule has 0 radical (unpaired) electrons. The molecule has 2 aliphatic carbocycles. The van der Waals surface area contributed by atoms with Gasteiger partial charge in [-0.05, 0) is 152 Å². The summed E-state index contributed by atoms with van der Waals surface area (Å²) in [5.74, 6) is 0. The molecule has 0 bridgehead atoms. The minimum Gasteiger partial charge on any atom is -0.456 e. The molecule has 0 unspecified atom stereocenters. The summed E-state index contributed by atoms with van der Waals surface area (Å²) < 4.78 is 6.54. The van der Waals surface area contributed by atoms with Gasteiger partial charge in [-0.15, -0.1) is 10.2 Å². The molecule has 290 valence electrons. The van der Waals surface area contributed by atoms with Crippen molar-refractivity contribution in [2.24, 2.45) is 0 Å². The maximum atomic E-state index is 6.54. The van der Waals surface area contributed by atoms with Gasteiger partial charge in [-0.3, -0.25) is 0 Å². The van der Waals surface area contributed by atoms with Crippen molar-refractivity contribution >= 4 is 21.9 Å². The van der Waals surface area contributed by atoms with Crippen LogP contribution in [0.4, 0.5) is 0 Å². The van der Waals surface area contributed by atoms with Crippen molar-refractivity contribution < 1.29 is 4.42 Å². The fourth-order valence-electron chi connectivity index (χ4n) is 10.5. The molecule has 61 heavy (non-hydrogen) atoms. The van der Waals surface area contributed by atoms with E-state index in [1.807, 2.05) is 6.07 Å². The Labute approximate surface area is 355 Å². The maximum Gasteiger partial charge on any atom is 0.136 e. The van der Waals surface area contributed by atoms with Crippen LogP contribution in [-0.4, -0.2) is 15.4 Å². The summed E-state index contributed by atoms with van der Waals surface area (Å²) in [7, 11) is 0. The minimum absolute atomic E-state index is 0.819. The molecule has 12 rings (SSSR count). The number of fused-ring (bicyclic) bond motifs is 9. The summed E-state index contributed by atoms with van der Waals surface area (Å²) in [6.07, 6.45) is 1.66. The zero-order chi connectivity index (χ0) is 40.9. The van der Waals surface area contributed by atoms with Gasteiger partial charge >= 0.3 is 0 Å². The minimum atomic E-state index is 0.819. The normalized spacial score (nSPS) is 12.5.